The van der Waals surface area contributed by atoms with Crippen LogP contribution < -0.4 is 0 Å². The second kappa shape index (κ2) is 4.89. The van der Waals surface area contributed by atoms with Crippen LogP contribution in [0.25, 0.3) is 11.4 Å². The molecular formula is C14H18N4S. The lowest BCUT2D eigenvalue weighted by molar-refractivity contribution is 0.665. The van der Waals surface area contributed by atoms with Crippen LogP contribution in [0.15, 0.2) is 6.07 Å². The summed E-state index contributed by atoms with van der Waals surface area (Å²) in [6.07, 6.45) is 4.76. The highest BCUT2D eigenvalue weighted by atomic mass is 32.1. The number of pyridine rings is 1. The van der Waals surface area contributed by atoms with Crippen molar-refractivity contribution in [2.45, 2.75) is 46.1 Å². The molecule has 19 heavy (non-hydrogen) atoms. The van der Waals surface area contributed by atoms with E-state index in [0.29, 0.717) is 4.77 Å². The molecule has 1 N–H and O–H groups in total. The smallest absolute Gasteiger partial charge is 0.195 e. The summed E-state index contributed by atoms with van der Waals surface area (Å²) in [6.45, 7) is 4.96. The van der Waals surface area contributed by atoms with Crippen LogP contribution in [0.1, 0.15) is 36.7 Å². The van der Waals surface area contributed by atoms with Crippen molar-refractivity contribution in [1.82, 2.24) is 19.7 Å². The van der Waals surface area contributed by atoms with Crippen molar-refractivity contribution in [2.24, 2.45) is 0 Å². The first-order chi connectivity index (χ1) is 9.20. The van der Waals surface area contributed by atoms with Gasteiger partial charge in [-0.15, -0.1) is 0 Å². The van der Waals surface area contributed by atoms with Gasteiger partial charge in [-0.3, -0.25) is 10.1 Å². The summed E-state index contributed by atoms with van der Waals surface area (Å²) in [4.78, 5) is 4.77. The molecule has 0 aliphatic heterocycles. The molecule has 0 aromatic carbocycles. The number of aryl methyl sites for hydroxylation is 3. The van der Waals surface area contributed by atoms with E-state index in [2.05, 4.69) is 30.1 Å². The Hall–Kier alpha value is -1.49. The highest BCUT2D eigenvalue weighted by Crippen LogP contribution is 2.27. The summed E-state index contributed by atoms with van der Waals surface area (Å²) < 4.78 is 2.70. The van der Waals surface area contributed by atoms with Crippen LogP contribution in [-0.4, -0.2) is 19.7 Å². The molecular weight excluding hydrogens is 256 g/mol. The quantitative estimate of drug-likeness (QED) is 0.855. The number of H-pyrrole nitrogens is 1. The number of nitrogens with one attached hydrogen (secondary N) is 1. The second-order valence-corrected chi connectivity index (χ2v) is 5.42. The molecule has 2 aromatic heterocycles. The van der Waals surface area contributed by atoms with E-state index in [0.717, 1.165) is 36.5 Å². The molecule has 5 heteroatoms. The predicted molar refractivity (Wildman–Crippen MR) is 77.7 cm³/mol. The van der Waals surface area contributed by atoms with Crippen molar-refractivity contribution in [3.05, 3.63) is 27.8 Å². The van der Waals surface area contributed by atoms with Crippen molar-refractivity contribution in [2.75, 3.05) is 0 Å². The molecule has 100 valence electrons. The monoisotopic (exact) mass is 274 g/mol. The molecule has 0 radical (unpaired) electrons. The molecule has 4 nitrogen and oxygen atoms in total. The average Bonchev–Trinajstić information content (AvgIpc) is 2.78. The maximum Gasteiger partial charge on any atom is 0.195 e. The molecule has 0 amide bonds. The van der Waals surface area contributed by atoms with E-state index in [1.165, 1.54) is 24.1 Å². The third-order valence-electron chi connectivity index (χ3n) is 3.81. The van der Waals surface area contributed by atoms with E-state index >= 15 is 0 Å². The zero-order chi connectivity index (χ0) is 13.4. The van der Waals surface area contributed by atoms with Gasteiger partial charge in [-0.25, -0.2) is 0 Å². The van der Waals surface area contributed by atoms with Crippen molar-refractivity contribution in [1.29, 1.82) is 0 Å². The van der Waals surface area contributed by atoms with Gasteiger partial charge in [-0.2, -0.15) is 5.10 Å². The van der Waals surface area contributed by atoms with Crippen LogP contribution in [0.5, 0.6) is 0 Å². The van der Waals surface area contributed by atoms with E-state index in [4.69, 9.17) is 17.2 Å². The second-order valence-electron chi connectivity index (χ2n) is 5.03. The number of hydrogen-bond acceptors (Lipinski definition) is 3. The van der Waals surface area contributed by atoms with Gasteiger partial charge < -0.3 is 4.57 Å². The molecule has 1 aliphatic rings. The summed E-state index contributed by atoms with van der Waals surface area (Å²) in [5.74, 6) is 0.908. The first-order valence-corrected chi connectivity index (χ1v) is 7.26. The maximum atomic E-state index is 5.26. The zero-order valence-electron chi connectivity index (χ0n) is 11.4. The summed E-state index contributed by atoms with van der Waals surface area (Å²) in [7, 11) is 0. The summed E-state index contributed by atoms with van der Waals surface area (Å²) >= 11 is 5.26. The normalized spacial score (nSPS) is 14.4. The molecule has 2 aromatic rings. The molecule has 0 saturated carbocycles. The van der Waals surface area contributed by atoms with Crippen molar-refractivity contribution in [3.8, 4) is 11.4 Å². The van der Waals surface area contributed by atoms with Crippen LogP contribution in [-0.2, 0) is 19.4 Å². The van der Waals surface area contributed by atoms with Gasteiger partial charge in [0.2, 0.25) is 0 Å². The van der Waals surface area contributed by atoms with Crippen LogP contribution >= 0.6 is 12.2 Å². The van der Waals surface area contributed by atoms with Crippen LogP contribution in [0.2, 0.25) is 0 Å². The van der Waals surface area contributed by atoms with Crippen LogP contribution in [0.3, 0.4) is 0 Å². The third kappa shape index (κ3) is 2.12. The minimum atomic E-state index is 0.676. The molecule has 0 fully saturated rings. The van der Waals surface area contributed by atoms with Crippen molar-refractivity contribution in [3.63, 3.8) is 0 Å². The fourth-order valence-corrected chi connectivity index (χ4v) is 3.04. The molecule has 0 atom stereocenters. The molecule has 0 spiro atoms. The number of nitrogens with zero attached hydrogens (tertiary/aromatic N) is 3. The van der Waals surface area contributed by atoms with Crippen LogP contribution in [0, 0.1) is 11.7 Å². The van der Waals surface area contributed by atoms with Gasteiger partial charge >= 0.3 is 0 Å². The number of hydrogen-bond donors (Lipinski definition) is 1. The highest BCUT2D eigenvalue weighted by Gasteiger charge is 2.17. The average molecular weight is 274 g/mol. The van der Waals surface area contributed by atoms with Crippen molar-refractivity contribution < 1.29 is 0 Å². The van der Waals surface area contributed by atoms with E-state index in [1.54, 1.807) is 0 Å². The lowest BCUT2D eigenvalue weighted by Crippen LogP contribution is -2.08. The maximum absolute atomic E-state index is 5.26. The first kappa shape index (κ1) is 12.5. The summed E-state index contributed by atoms with van der Waals surface area (Å²) in [5, 5.41) is 7.25. The van der Waals surface area contributed by atoms with Gasteiger partial charge in [-0.1, -0.05) is 0 Å². The van der Waals surface area contributed by atoms with Gasteiger partial charge in [0.1, 0.15) is 0 Å². The number of fused-ring (bicyclic) bond motifs is 1. The fraction of sp³-hybridized carbons (Fsp3) is 0.500. The van der Waals surface area contributed by atoms with E-state index < -0.39 is 0 Å². The first-order valence-electron chi connectivity index (χ1n) is 6.85. The molecule has 0 bridgehead atoms. The number of aromatic amines is 1. The van der Waals surface area contributed by atoms with Gasteiger partial charge in [-0.05, 0) is 63.4 Å². The predicted octanol–water partition coefficient (Wildman–Crippen LogP) is 3.21. The zero-order valence-corrected chi connectivity index (χ0v) is 12.2. The Morgan fingerprint density at radius 3 is 2.95 bits per heavy atom. The SMILES string of the molecule is CCn1c(-c2cc3c(nc2C)CCCC3)n[nH]c1=S. The minimum absolute atomic E-state index is 0.676. The topological polar surface area (TPSA) is 46.5 Å². The van der Waals surface area contributed by atoms with Gasteiger partial charge in [0.05, 0.1) is 0 Å². The minimum Gasteiger partial charge on any atom is -0.300 e. The Morgan fingerprint density at radius 2 is 2.16 bits per heavy atom. The third-order valence-corrected chi connectivity index (χ3v) is 4.12. The molecule has 0 saturated heterocycles. The van der Waals surface area contributed by atoms with Crippen LogP contribution in [0.4, 0.5) is 0 Å². The Morgan fingerprint density at radius 1 is 1.37 bits per heavy atom. The Labute approximate surface area is 117 Å². The van der Waals surface area contributed by atoms with Crippen molar-refractivity contribution >= 4 is 12.2 Å². The lowest BCUT2D eigenvalue weighted by atomic mass is 9.94. The molecule has 1 aliphatic carbocycles. The highest BCUT2D eigenvalue weighted by molar-refractivity contribution is 7.71. The van der Waals surface area contributed by atoms with E-state index in [-0.39, 0.29) is 0 Å². The number of aromatic nitrogens is 4. The van der Waals surface area contributed by atoms with Gasteiger partial charge in [0, 0.05) is 23.5 Å². The summed E-state index contributed by atoms with van der Waals surface area (Å²) in [5.41, 5.74) is 4.80. The molecule has 3 rings (SSSR count). The molecule has 0 unspecified atom stereocenters. The lowest BCUT2D eigenvalue weighted by Gasteiger charge is -2.17. The largest absolute Gasteiger partial charge is 0.300 e. The van der Waals surface area contributed by atoms with E-state index in [9.17, 15) is 0 Å². The molecule has 2 heterocycles. The standard InChI is InChI=1S/C14H18N4S/c1-3-18-13(16-17-14(18)19)11-8-10-6-4-5-7-12(10)15-9(11)2/h8H,3-7H2,1-2H3,(H,17,19). The summed E-state index contributed by atoms with van der Waals surface area (Å²) in [6, 6.07) is 2.26. The Bertz CT molecular complexity index is 669. The van der Waals surface area contributed by atoms with Gasteiger partial charge in [0.25, 0.3) is 0 Å². The van der Waals surface area contributed by atoms with E-state index in [1.807, 2.05) is 4.57 Å². The van der Waals surface area contributed by atoms with Gasteiger partial charge in [0.15, 0.2) is 10.6 Å². The number of rotatable bonds is 2. The fourth-order valence-electron chi connectivity index (χ4n) is 2.78. The Balaban J connectivity index is 2.17. The Kier molecular flexibility index (Phi) is 3.22.